The van der Waals surface area contributed by atoms with Crippen LogP contribution in [0.3, 0.4) is 0 Å². The highest BCUT2D eigenvalue weighted by atomic mass is 32.1. The largest absolute Gasteiger partial charge is 0.384 e. The van der Waals surface area contributed by atoms with Crippen molar-refractivity contribution in [3.05, 3.63) is 32.5 Å². The molecule has 0 radical (unpaired) electrons. The summed E-state index contributed by atoms with van der Waals surface area (Å²) in [6, 6.07) is 1.97. The van der Waals surface area contributed by atoms with Crippen LogP contribution in [-0.2, 0) is 11.3 Å². The summed E-state index contributed by atoms with van der Waals surface area (Å²) in [5.41, 5.74) is 7.51. The van der Waals surface area contributed by atoms with E-state index in [4.69, 9.17) is 10.8 Å². The maximum absolute atomic E-state index is 11.9. The summed E-state index contributed by atoms with van der Waals surface area (Å²) in [5, 5.41) is 14.1. The van der Waals surface area contributed by atoms with Crippen LogP contribution in [0.4, 0.5) is 5.13 Å². The van der Waals surface area contributed by atoms with Crippen LogP contribution in [0.1, 0.15) is 33.4 Å². The number of nitrogen functional groups attached to an aromatic ring is 1. The molecule has 1 aliphatic heterocycles. The van der Waals surface area contributed by atoms with E-state index in [1.807, 2.05) is 11.4 Å². The number of nitrogens with zero attached hydrogens (tertiary/aromatic N) is 1. The number of amides is 1. The van der Waals surface area contributed by atoms with Gasteiger partial charge in [-0.1, -0.05) is 11.8 Å². The van der Waals surface area contributed by atoms with Crippen molar-refractivity contribution in [3.63, 3.8) is 0 Å². The lowest BCUT2D eigenvalue weighted by molar-refractivity contribution is -0.121. The minimum absolute atomic E-state index is 0.0140. The average molecular weight is 319 g/mol. The zero-order valence-corrected chi connectivity index (χ0v) is 12.7. The van der Waals surface area contributed by atoms with Gasteiger partial charge in [0.05, 0.1) is 12.2 Å². The molecule has 1 amide bonds. The molecule has 4 N–H and O–H groups in total. The Bertz CT molecular complexity index is 739. The SMILES string of the molecule is Nc1nc2c(s1)C(c1cc(C#CCO)cs1)CC(=O)NC2. The first-order chi connectivity index (χ1) is 10.2. The number of aliphatic hydroxyl groups excluding tert-OH is 1. The molecule has 1 atom stereocenters. The molecule has 0 aliphatic carbocycles. The number of hydrogen-bond donors (Lipinski definition) is 3. The molecule has 2 aromatic heterocycles. The standard InChI is InChI=1S/C14H13N3O2S2/c15-14-17-10-6-16-12(19)5-9(13(10)21-14)11-4-8(7-20-11)2-1-3-18/h4,7,9,18H,3,5-6H2,(H2,15,17)(H,16,19). The van der Waals surface area contributed by atoms with Gasteiger partial charge in [-0.3, -0.25) is 4.79 Å². The third-order valence-corrected chi connectivity index (χ3v) is 5.26. The van der Waals surface area contributed by atoms with Crippen molar-refractivity contribution < 1.29 is 9.90 Å². The van der Waals surface area contributed by atoms with Gasteiger partial charge < -0.3 is 16.2 Å². The predicted molar refractivity (Wildman–Crippen MR) is 83.1 cm³/mol. The van der Waals surface area contributed by atoms with Gasteiger partial charge in [0.2, 0.25) is 5.91 Å². The molecule has 0 saturated heterocycles. The summed E-state index contributed by atoms with van der Waals surface area (Å²) >= 11 is 3.01. The number of carbonyl (C=O) groups is 1. The van der Waals surface area contributed by atoms with Crippen molar-refractivity contribution in [3.8, 4) is 11.8 Å². The van der Waals surface area contributed by atoms with Crippen LogP contribution < -0.4 is 11.1 Å². The van der Waals surface area contributed by atoms with Crippen LogP contribution in [0.15, 0.2) is 11.4 Å². The maximum Gasteiger partial charge on any atom is 0.221 e. The van der Waals surface area contributed by atoms with Crippen LogP contribution >= 0.6 is 22.7 Å². The molecular weight excluding hydrogens is 306 g/mol. The third-order valence-electron chi connectivity index (χ3n) is 3.18. The second-order valence-electron chi connectivity index (χ2n) is 4.59. The number of nitrogens with two attached hydrogens (primary N) is 1. The zero-order valence-electron chi connectivity index (χ0n) is 11.0. The molecule has 21 heavy (non-hydrogen) atoms. The number of aliphatic hydroxyl groups is 1. The van der Waals surface area contributed by atoms with Gasteiger partial charge in [-0.25, -0.2) is 4.98 Å². The van der Waals surface area contributed by atoms with Crippen LogP contribution in [0.25, 0.3) is 0 Å². The number of carbonyl (C=O) groups excluding carboxylic acids is 1. The van der Waals surface area contributed by atoms with Crippen LogP contribution in [0, 0.1) is 11.8 Å². The van der Waals surface area contributed by atoms with Crippen LogP contribution in [-0.4, -0.2) is 22.6 Å². The fourth-order valence-electron chi connectivity index (χ4n) is 2.29. The fraction of sp³-hybridized carbons (Fsp3) is 0.286. The number of fused-ring (bicyclic) bond motifs is 1. The van der Waals surface area contributed by atoms with Crippen molar-refractivity contribution in [2.24, 2.45) is 0 Å². The normalized spacial score (nSPS) is 17.4. The Morgan fingerprint density at radius 1 is 1.57 bits per heavy atom. The summed E-state index contributed by atoms with van der Waals surface area (Å²) in [6.45, 7) is 0.271. The zero-order chi connectivity index (χ0) is 14.8. The summed E-state index contributed by atoms with van der Waals surface area (Å²) in [6.07, 6.45) is 0.391. The molecule has 108 valence electrons. The molecular formula is C14H13N3O2S2. The molecule has 3 rings (SSSR count). The van der Waals surface area contributed by atoms with E-state index in [1.165, 1.54) is 11.3 Å². The van der Waals surface area contributed by atoms with Gasteiger partial charge >= 0.3 is 0 Å². The Morgan fingerprint density at radius 2 is 2.43 bits per heavy atom. The Kier molecular flexibility index (Phi) is 3.92. The van der Waals surface area contributed by atoms with Crippen molar-refractivity contribution in [2.45, 2.75) is 18.9 Å². The monoisotopic (exact) mass is 319 g/mol. The molecule has 0 fully saturated rings. The predicted octanol–water partition coefficient (Wildman–Crippen LogP) is 1.28. The number of hydrogen-bond acceptors (Lipinski definition) is 6. The van der Waals surface area contributed by atoms with Crippen LogP contribution in [0.5, 0.6) is 0 Å². The van der Waals surface area contributed by atoms with Gasteiger partial charge in [-0.2, -0.15) is 0 Å². The van der Waals surface area contributed by atoms with E-state index >= 15 is 0 Å². The first-order valence-electron chi connectivity index (χ1n) is 6.37. The van der Waals surface area contributed by atoms with E-state index in [0.29, 0.717) is 18.1 Å². The van der Waals surface area contributed by atoms with Gasteiger partial charge in [0, 0.05) is 33.0 Å². The first-order valence-corrected chi connectivity index (χ1v) is 8.07. The van der Waals surface area contributed by atoms with E-state index < -0.39 is 0 Å². The molecule has 1 aliphatic rings. The highest BCUT2D eigenvalue weighted by Crippen LogP contribution is 2.39. The fourth-order valence-corrected chi connectivity index (χ4v) is 4.28. The van der Waals surface area contributed by atoms with Gasteiger partial charge in [0.1, 0.15) is 6.61 Å². The quantitative estimate of drug-likeness (QED) is 0.691. The number of aromatic nitrogens is 1. The molecule has 7 heteroatoms. The lowest BCUT2D eigenvalue weighted by atomic mass is 10.0. The molecule has 0 spiro atoms. The molecule has 0 aromatic carbocycles. The van der Waals surface area contributed by atoms with E-state index in [0.717, 1.165) is 21.0 Å². The first kappa shape index (κ1) is 14.1. The molecule has 1 unspecified atom stereocenters. The van der Waals surface area contributed by atoms with Crippen molar-refractivity contribution in [1.82, 2.24) is 10.3 Å². The minimum atomic E-state index is -0.160. The summed E-state index contributed by atoms with van der Waals surface area (Å²) in [7, 11) is 0. The Balaban J connectivity index is 1.99. The second kappa shape index (κ2) is 5.85. The average Bonchev–Trinajstić information content (AvgIpc) is 3.04. The summed E-state index contributed by atoms with van der Waals surface area (Å²) in [4.78, 5) is 18.3. The maximum atomic E-state index is 11.9. The number of rotatable bonds is 1. The second-order valence-corrected chi connectivity index (χ2v) is 6.60. The Morgan fingerprint density at radius 3 is 3.24 bits per heavy atom. The minimum Gasteiger partial charge on any atom is -0.384 e. The molecule has 3 heterocycles. The smallest absolute Gasteiger partial charge is 0.221 e. The summed E-state index contributed by atoms with van der Waals surface area (Å²) < 4.78 is 0. The van der Waals surface area contributed by atoms with Crippen LogP contribution in [0.2, 0.25) is 0 Å². The number of thiazole rings is 1. The third kappa shape index (κ3) is 2.93. The lowest BCUT2D eigenvalue weighted by Crippen LogP contribution is -2.21. The highest BCUT2D eigenvalue weighted by Gasteiger charge is 2.28. The topological polar surface area (TPSA) is 88.2 Å². The number of thiophene rings is 1. The van der Waals surface area contributed by atoms with E-state index in [2.05, 4.69) is 22.1 Å². The van der Waals surface area contributed by atoms with Crippen molar-refractivity contribution >= 4 is 33.7 Å². The van der Waals surface area contributed by atoms with E-state index in [9.17, 15) is 4.79 Å². The lowest BCUT2D eigenvalue weighted by Gasteiger charge is -2.10. The van der Waals surface area contributed by atoms with Gasteiger partial charge in [0.15, 0.2) is 5.13 Å². The molecule has 0 saturated carbocycles. The van der Waals surface area contributed by atoms with Gasteiger partial charge in [-0.15, -0.1) is 22.7 Å². The molecule has 2 aromatic rings. The van der Waals surface area contributed by atoms with E-state index in [-0.39, 0.29) is 18.4 Å². The van der Waals surface area contributed by atoms with Gasteiger partial charge in [0.25, 0.3) is 0 Å². The Labute approximate surface area is 129 Å². The van der Waals surface area contributed by atoms with E-state index in [1.54, 1.807) is 11.3 Å². The van der Waals surface area contributed by atoms with Gasteiger partial charge in [-0.05, 0) is 6.07 Å². The van der Waals surface area contributed by atoms with Crippen molar-refractivity contribution in [2.75, 3.05) is 12.3 Å². The summed E-state index contributed by atoms with van der Waals surface area (Å²) in [5.74, 6) is 5.50. The highest BCUT2D eigenvalue weighted by molar-refractivity contribution is 7.16. The Hall–Kier alpha value is -1.88. The number of nitrogens with one attached hydrogen (secondary N) is 1. The van der Waals surface area contributed by atoms with Crippen molar-refractivity contribution in [1.29, 1.82) is 0 Å². The number of anilines is 1. The molecule has 5 nitrogen and oxygen atoms in total. The molecule has 0 bridgehead atoms.